The van der Waals surface area contributed by atoms with Crippen LogP contribution >= 0.6 is 23.1 Å². The van der Waals surface area contributed by atoms with Crippen molar-refractivity contribution in [2.45, 2.75) is 30.4 Å². The van der Waals surface area contributed by atoms with Crippen LogP contribution in [0, 0.1) is 17.0 Å². The Kier molecular flexibility index (Phi) is 10.2. The van der Waals surface area contributed by atoms with Gasteiger partial charge >= 0.3 is 0 Å². The molecule has 1 heterocycles. The first-order valence-electron chi connectivity index (χ1n) is 14.3. The second kappa shape index (κ2) is 14.6. The minimum Gasteiger partial charge on any atom is -0.321 e. The third-order valence-corrected chi connectivity index (χ3v) is 9.06. The number of aromatic nitrogens is 1. The quantitative estimate of drug-likeness (QED) is 0.0583. The maximum absolute atomic E-state index is 13.5. The van der Waals surface area contributed by atoms with Gasteiger partial charge in [0.1, 0.15) is 5.70 Å². The normalized spacial score (nSPS) is 11.9. The number of nitrogens with one attached hydrogen (secondary N) is 3. The molecule has 1 unspecified atom stereocenters. The van der Waals surface area contributed by atoms with Crippen LogP contribution in [-0.2, 0) is 9.59 Å². The summed E-state index contributed by atoms with van der Waals surface area (Å²) in [6.07, 6.45) is 1.82. The highest BCUT2D eigenvalue weighted by molar-refractivity contribution is 8.00. The fourth-order valence-corrected chi connectivity index (χ4v) is 6.46. The van der Waals surface area contributed by atoms with Crippen molar-refractivity contribution in [3.63, 3.8) is 0 Å². The van der Waals surface area contributed by atoms with Crippen molar-refractivity contribution in [1.29, 1.82) is 0 Å². The molecule has 1 atom stereocenters. The molecule has 3 amide bonds. The summed E-state index contributed by atoms with van der Waals surface area (Å²) in [6.45, 7) is 3.92. The summed E-state index contributed by atoms with van der Waals surface area (Å²) >= 11 is 2.76. The summed E-state index contributed by atoms with van der Waals surface area (Å²) in [5.41, 5.74) is 2.41. The Bertz CT molecular complexity index is 1960. The van der Waals surface area contributed by atoms with E-state index in [9.17, 15) is 24.5 Å². The van der Waals surface area contributed by atoms with Crippen LogP contribution in [0.25, 0.3) is 16.3 Å². The van der Waals surface area contributed by atoms with Crippen LogP contribution in [0.2, 0.25) is 0 Å². The number of nitro benzene ring substituents is 1. The fourth-order valence-electron chi connectivity index (χ4n) is 4.48. The first-order chi connectivity index (χ1) is 22.2. The van der Waals surface area contributed by atoms with E-state index in [0.717, 1.165) is 20.7 Å². The first kappa shape index (κ1) is 32.1. The van der Waals surface area contributed by atoms with E-state index in [2.05, 4.69) is 20.9 Å². The summed E-state index contributed by atoms with van der Waals surface area (Å²) in [6, 6.07) is 27.2. The zero-order chi connectivity index (χ0) is 32.6. The zero-order valence-electron chi connectivity index (χ0n) is 24.9. The molecule has 1 aromatic heterocycles. The van der Waals surface area contributed by atoms with Gasteiger partial charge in [0, 0.05) is 22.2 Å². The van der Waals surface area contributed by atoms with Crippen molar-refractivity contribution < 1.29 is 19.3 Å². The molecular formula is C34H29N5O5S2. The number of fused-ring (bicyclic) bond motifs is 1. The Labute approximate surface area is 273 Å². The maximum Gasteiger partial charge on any atom is 0.276 e. The standard InChI is InChI=1S/C34H29N5O5S2/c1-3-29(33(42)38-34-37-26-17-16-21(2)18-30(26)46-34)45-25-14-9-13-24(20-25)35-32(41)27(36-31(40)22-10-5-4-6-11-22)19-23-12-7-8-15-28(23)39(43)44/h4-20,29H,3H2,1-2H3,(H,35,41)(H,36,40)(H,37,38,42)/b27-19+. The molecule has 46 heavy (non-hydrogen) atoms. The summed E-state index contributed by atoms with van der Waals surface area (Å²) in [5, 5.41) is 20.0. The van der Waals surface area contributed by atoms with Gasteiger partial charge in [-0.2, -0.15) is 0 Å². The number of thiazole rings is 1. The van der Waals surface area contributed by atoms with E-state index < -0.39 is 22.0 Å². The highest BCUT2D eigenvalue weighted by atomic mass is 32.2. The van der Waals surface area contributed by atoms with Crippen molar-refractivity contribution in [1.82, 2.24) is 10.3 Å². The van der Waals surface area contributed by atoms with Gasteiger partial charge in [0.15, 0.2) is 5.13 Å². The van der Waals surface area contributed by atoms with Gasteiger partial charge in [-0.3, -0.25) is 24.5 Å². The molecule has 0 aliphatic carbocycles. The average molecular weight is 652 g/mol. The molecule has 0 aliphatic rings. The number of thioether (sulfide) groups is 1. The second-order valence-corrected chi connectivity index (χ2v) is 12.5. The Morgan fingerprint density at radius 2 is 1.72 bits per heavy atom. The van der Waals surface area contributed by atoms with Crippen molar-refractivity contribution in [2.75, 3.05) is 10.6 Å². The number of amides is 3. The largest absolute Gasteiger partial charge is 0.321 e. The first-order valence-corrected chi connectivity index (χ1v) is 16.0. The van der Waals surface area contributed by atoms with Crippen LogP contribution in [0.5, 0.6) is 0 Å². The monoisotopic (exact) mass is 651 g/mol. The van der Waals surface area contributed by atoms with Crippen molar-refractivity contribution in [3.05, 3.63) is 130 Å². The summed E-state index contributed by atoms with van der Waals surface area (Å²) in [4.78, 5) is 56.0. The van der Waals surface area contributed by atoms with E-state index in [1.165, 1.54) is 47.4 Å². The molecular weight excluding hydrogens is 623 g/mol. The number of hydrogen-bond donors (Lipinski definition) is 3. The Balaban J connectivity index is 1.33. The number of nitrogens with zero attached hydrogens (tertiary/aromatic N) is 2. The summed E-state index contributed by atoms with van der Waals surface area (Å²) in [5.74, 6) is -1.42. The lowest BCUT2D eigenvalue weighted by atomic mass is 10.1. The van der Waals surface area contributed by atoms with E-state index in [0.29, 0.717) is 22.8 Å². The molecule has 0 saturated carbocycles. The number of carbonyl (C=O) groups excluding carboxylic acids is 3. The van der Waals surface area contributed by atoms with E-state index in [1.807, 2.05) is 38.1 Å². The smallest absolute Gasteiger partial charge is 0.276 e. The van der Waals surface area contributed by atoms with Gasteiger partial charge in [-0.05, 0) is 73.5 Å². The summed E-state index contributed by atoms with van der Waals surface area (Å²) in [7, 11) is 0. The molecule has 4 aromatic carbocycles. The number of benzene rings is 4. The van der Waals surface area contributed by atoms with E-state index in [1.54, 1.807) is 54.6 Å². The van der Waals surface area contributed by atoms with Gasteiger partial charge in [0.05, 0.1) is 26.0 Å². The van der Waals surface area contributed by atoms with E-state index in [-0.39, 0.29) is 22.9 Å². The van der Waals surface area contributed by atoms with Crippen LogP contribution in [0.3, 0.4) is 0 Å². The highest BCUT2D eigenvalue weighted by Crippen LogP contribution is 2.31. The lowest BCUT2D eigenvalue weighted by Gasteiger charge is -2.15. The van der Waals surface area contributed by atoms with Crippen LogP contribution in [0.15, 0.2) is 108 Å². The van der Waals surface area contributed by atoms with Crippen LogP contribution in [0.4, 0.5) is 16.5 Å². The van der Waals surface area contributed by atoms with Gasteiger partial charge in [0.2, 0.25) is 5.91 Å². The molecule has 232 valence electrons. The minimum absolute atomic E-state index is 0.148. The lowest BCUT2D eigenvalue weighted by Crippen LogP contribution is -2.30. The molecule has 3 N–H and O–H groups in total. The number of para-hydroxylation sites is 1. The Hall–Kier alpha value is -5.33. The number of carbonyl (C=O) groups is 3. The molecule has 5 aromatic rings. The molecule has 12 heteroatoms. The van der Waals surface area contributed by atoms with Gasteiger partial charge in [-0.15, -0.1) is 11.8 Å². The fraction of sp³-hybridized carbons (Fsp3) is 0.118. The van der Waals surface area contributed by atoms with Gasteiger partial charge in [-0.25, -0.2) is 4.98 Å². The number of anilines is 2. The Morgan fingerprint density at radius 1 is 0.957 bits per heavy atom. The predicted octanol–water partition coefficient (Wildman–Crippen LogP) is 7.43. The SMILES string of the molecule is CCC(Sc1cccc(NC(=O)/C(=C\c2ccccc2[N+](=O)[O-])NC(=O)c2ccccc2)c1)C(=O)Nc1nc2ccc(C)cc2s1. The Morgan fingerprint density at radius 3 is 2.48 bits per heavy atom. The summed E-state index contributed by atoms with van der Waals surface area (Å²) < 4.78 is 0.995. The zero-order valence-corrected chi connectivity index (χ0v) is 26.5. The topological polar surface area (TPSA) is 143 Å². The molecule has 0 aliphatic heterocycles. The third-order valence-electron chi connectivity index (χ3n) is 6.77. The minimum atomic E-state index is -0.680. The molecule has 0 fully saturated rings. The molecule has 5 rings (SSSR count). The molecule has 10 nitrogen and oxygen atoms in total. The van der Waals surface area contributed by atoms with Gasteiger partial charge in [-0.1, -0.05) is 60.7 Å². The van der Waals surface area contributed by atoms with E-state index in [4.69, 9.17) is 0 Å². The van der Waals surface area contributed by atoms with Crippen LogP contribution in [0.1, 0.15) is 34.8 Å². The number of aryl methyl sites for hydroxylation is 1. The number of rotatable bonds is 11. The average Bonchev–Trinajstić information content (AvgIpc) is 3.45. The lowest BCUT2D eigenvalue weighted by molar-refractivity contribution is -0.385. The van der Waals surface area contributed by atoms with Crippen molar-refractivity contribution in [3.8, 4) is 0 Å². The van der Waals surface area contributed by atoms with Crippen molar-refractivity contribution in [2.24, 2.45) is 0 Å². The van der Waals surface area contributed by atoms with Crippen LogP contribution < -0.4 is 16.0 Å². The van der Waals surface area contributed by atoms with Gasteiger partial charge < -0.3 is 16.0 Å². The number of nitro groups is 1. The predicted molar refractivity (Wildman–Crippen MR) is 183 cm³/mol. The molecule has 0 saturated heterocycles. The van der Waals surface area contributed by atoms with Crippen molar-refractivity contribution >= 4 is 73.6 Å². The van der Waals surface area contributed by atoms with Crippen LogP contribution in [-0.4, -0.2) is 32.9 Å². The molecule has 0 spiro atoms. The second-order valence-electron chi connectivity index (χ2n) is 10.2. The molecule has 0 radical (unpaired) electrons. The highest BCUT2D eigenvalue weighted by Gasteiger charge is 2.21. The molecule has 0 bridgehead atoms. The third kappa shape index (κ3) is 8.03. The van der Waals surface area contributed by atoms with E-state index >= 15 is 0 Å². The number of hydrogen-bond acceptors (Lipinski definition) is 8. The maximum atomic E-state index is 13.5. The van der Waals surface area contributed by atoms with Gasteiger partial charge in [0.25, 0.3) is 17.5 Å².